The van der Waals surface area contributed by atoms with Gasteiger partial charge in [-0.25, -0.2) is 0 Å². The summed E-state index contributed by atoms with van der Waals surface area (Å²) in [5, 5.41) is 1.10. The largest absolute Gasteiger partial charge is 0.378 e. The van der Waals surface area contributed by atoms with Crippen molar-refractivity contribution in [2.75, 3.05) is 11.9 Å². The lowest BCUT2D eigenvalue weighted by atomic mass is 9.86. The molecule has 1 aliphatic rings. The van der Waals surface area contributed by atoms with Crippen LogP contribution in [0.4, 0.5) is 0 Å². The molecule has 0 amide bonds. The van der Waals surface area contributed by atoms with Gasteiger partial charge in [-0.3, -0.25) is 0 Å². The molecule has 1 fully saturated rings. The normalized spacial score (nSPS) is 35.3. The molecule has 2 unspecified atom stereocenters. The van der Waals surface area contributed by atoms with Gasteiger partial charge in [-0.05, 0) is 19.4 Å². The zero-order valence-electron chi connectivity index (χ0n) is 9.19. The van der Waals surface area contributed by atoms with Crippen LogP contribution in [0.3, 0.4) is 0 Å². The third-order valence-electron chi connectivity index (χ3n) is 2.98. The summed E-state index contributed by atoms with van der Waals surface area (Å²) in [7, 11) is -0.967. The molecular weight excluding hydrogens is 244 g/mol. The van der Waals surface area contributed by atoms with E-state index in [1.165, 1.54) is 12.5 Å². The first-order valence-electron chi connectivity index (χ1n) is 5.07. The first kappa shape index (κ1) is 11.7. The van der Waals surface area contributed by atoms with Crippen LogP contribution in [-0.2, 0) is 4.74 Å². The molecule has 0 aromatic heterocycles. The van der Waals surface area contributed by atoms with E-state index < -0.39 is 8.07 Å². The fourth-order valence-electron chi connectivity index (χ4n) is 2.33. The highest BCUT2D eigenvalue weighted by molar-refractivity contribution is 9.09. The van der Waals surface area contributed by atoms with Gasteiger partial charge in [0.2, 0.25) is 0 Å². The Morgan fingerprint density at radius 1 is 1.46 bits per heavy atom. The van der Waals surface area contributed by atoms with Crippen molar-refractivity contribution in [1.82, 2.24) is 0 Å². The minimum Gasteiger partial charge on any atom is -0.378 e. The van der Waals surface area contributed by atoms with Crippen molar-refractivity contribution in [2.24, 2.45) is 5.41 Å². The van der Waals surface area contributed by atoms with Crippen molar-refractivity contribution in [2.45, 2.75) is 45.1 Å². The van der Waals surface area contributed by atoms with Gasteiger partial charge in [0, 0.05) is 25.4 Å². The molecule has 0 aromatic carbocycles. The number of halogens is 1. The van der Waals surface area contributed by atoms with Gasteiger partial charge in [0.1, 0.15) is 0 Å². The molecule has 78 valence electrons. The Labute approximate surface area is 91.4 Å². The molecule has 0 N–H and O–H groups in total. The van der Waals surface area contributed by atoms with Crippen LogP contribution in [0.25, 0.3) is 0 Å². The van der Waals surface area contributed by atoms with Gasteiger partial charge >= 0.3 is 0 Å². The number of ether oxygens (including phenoxy) is 1. The topological polar surface area (TPSA) is 9.23 Å². The standard InChI is InChI=1S/C10H21BrOSi/c1-9-10(7-11,5-6-12-9)8-13(2,3)4/h9H,5-8H2,1-4H3. The molecule has 1 saturated heterocycles. The van der Waals surface area contributed by atoms with Gasteiger partial charge in [0.25, 0.3) is 0 Å². The zero-order chi connectivity index (χ0) is 10.1. The molecule has 1 nitrogen and oxygen atoms in total. The Kier molecular flexibility index (Phi) is 3.64. The molecule has 13 heavy (non-hydrogen) atoms. The van der Waals surface area contributed by atoms with Crippen molar-refractivity contribution in [1.29, 1.82) is 0 Å². The highest BCUT2D eigenvalue weighted by Crippen LogP contribution is 2.43. The summed E-state index contributed by atoms with van der Waals surface area (Å²) in [6.45, 7) is 10.5. The van der Waals surface area contributed by atoms with Crippen molar-refractivity contribution >= 4 is 24.0 Å². The van der Waals surface area contributed by atoms with E-state index in [1.54, 1.807) is 0 Å². The van der Waals surface area contributed by atoms with E-state index in [0.29, 0.717) is 11.5 Å². The van der Waals surface area contributed by atoms with E-state index in [9.17, 15) is 0 Å². The van der Waals surface area contributed by atoms with Crippen molar-refractivity contribution in [3.8, 4) is 0 Å². The van der Waals surface area contributed by atoms with Gasteiger partial charge in [-0.2, -0.15) is 0 Å². The summed E-state index contributed by atoms with van der Waals surface area (Å²) in [5.74, 6) is 0. The summed E-state index contributed by atoms with van der Waals surface area (Å²) in [5.41, 5.74) is 0.435. The molecule has 0 bridgehead atoms. The third-order valence-corrected chi connectivity index (χ3v) is 5.86. The Morgan fingerprint density at radius 2 is 2.08 bits per heavy atom. The zero-order valence-corrected chi connectivity index (χ0v) is 11.8. The Balaban J connectivity index is 2.70. The molecule has 2 atom stereocenters. The fraction of sp³-hybridized carbons (Fsp3) is 1.00. The van der Waals surface area contributed by atoms with Crippen LogP contribution in [0.2, 0.25) is 25.7 Å². The summed E-state index contributed by atoms with van der Waals surface area (Å²) >= 11 is 3.67. The third kappa shape index (κ3) is 2.80. The average Bonchev–Trinajstić information content (AvgIpc) is 2.30. The van der Waals surface area contributed by atoms with Crippen LogP contribution in [0.5, 0.6) is 0 Å². The second kappa shape index (κ2) is 4.03. The number of rotatable bonds is 3. The second-order valence-corrected chi connectivity index (χ2v) is 11.5. The molecule has 1 rings (SSSR count). The molecule has 0 saturated carbocycles. The van der Waals surface area contributed by atoms with Crippen LogP contribution in [-0.4, -0.2) is 26.1 Å². The second-order valence-electron chi connectivity index (χ2n) is 5.50. The quantitative estimate of drug-likeness (QED) is 0.560. The van der Waals surface area contributed by atoms with Crippen LogP contribution in [0.1, 0.15) is 13.3 Å². The Bertz CT molecular complexity index is 178. The molecule has 0 radical (unpaired) electrons. The van der Waals surface area contributed by atoms with Gasteiger partial charge in [0.05, 0.1) is 6.10 Å². The highest BCUT2D eigenvalue weighted by Gasteiger charge is 2.43. The van der Waals surface area contributed by atoms with E-state index in [0.717, 1.165) is 11.9 Å². The molecule has 0 aromatic rings. The summed E-state index contributed by atoms with van der Waals surface area (Å²) in [6.07, 6.45) is 1.68. The van der Waals surface area contributed by atoms with Crippen molar-refractivity contribution in [3.05, 3.63) is 0 Å². The van der Waals surface area contributed by atoms with Gasteiger partial charge in [0.15, 0.2) is 0 Å². The van der Waals surface area contributed by atoms with Crippen molar-refractivity contribution in [3.63, 3.8) is 0 Å². The van der Waals surface area contributed by atoms with Gasteiger partial charge in [-0.15, -0.1) is 0 Å². The number of hydrogen-bond donors (Lipinski definition) is 0. The van der Waals surface area contributed by atoms with E-state index in [2.05, 4.69) is 42.5 Å². The summed E-state index contributed by atoms with van der Waals surface area (Å²) in [6, 6.07) is 1.38. The molecule has 1 aliphatic heterocycles. The molecule has 1 heterocycles. The smallest absolute Gasteiger partial charge is 0.0609 e. The van der Waals surface area contributed by atoms with Crippen LogP contribution >= 0.6 is 15.9 Å². The summed E-state index contributed by atoms with van der Waals surface area (Å²) in [4.78, 5) is 0. The number of alkyl halides is 1. The Hall–Kier alpha value is 0.657. The van der Waals surface area contributed by atoms with Crippen LogP contribution in [0, 0.1) is 5.41 Å². The molecule has 0 aliphatic carbocycles. The SMILES string of the molecule is CC1OCCC1(CBr)C[Si](C)(C)C. The maximum Gasteiger partial charge on any atom is 0.0609 e. The van der Waals surface area contributed by atoms with E-state index in [1.807, 2.05) is 0 Å². The lowest BCUT2D eigenvalue weighted by Crippen LogP contribution is -2.38. The minimum absolute atomic E-state index is 0.435. The molecule has 0 spiro atoms. The molecular formula is C10H21BrOSi. The van der Waals surface area contributed by atoms with Gasteiger partial charge in [-0.1, -0.05) is 35.6 Å². The number of hydrogen-bond acceptors (Lipinski definition) is 1. The van der Waals surface area contributed by atoms with E-state index in [-0.39, 0.29) is 0 Å². The first-order valence-corrected chi connectivity index (χ1v) is 9.90. The average molecular weight is 265 g/mol. The predicted molar refractivity (Wildman–Crippen MR) is 64.4 cm³/mol. The van der Waals surface area contributed by atoms with Gasteiger partial charge < -0.3 is 4.74 Å². The maximum atomic E-state index is 5.70. The minimum atomic E-state index is -0.967. The lowest BCUT2D eigenvalue weighted by molar-refractivity contribution is 0.0815. The lowest BCUT2D eigenvalue weighted by Gasteiger charge is -2.35. The highest BCUT2D eigenvalue weighted by atomic mass is 79.9. The van der Waals surface area contributed by atoms with E-state index in [4.69, 9.17) is 4.74 Å². The van der Waals surface area contributed by atoms with Crippen molar-refractivity contribution < 1.29 is 4.74 Å². The first-order chi connectivity index (χ1) is 5.90. The Morgan fingerprint density at radius 3 is 2.38 bits per heavy atom. The van der Waals surface area contributed by atoms with Crippen LogP contribution in [0.15, 0.2) is 0 Å². The summed E-state index contributed by atoms with van der Waals surface area (Å²) < 4.78 is 5.70. The monoisotopic (exact) mass is 264 g/mol. The van der Waals surface area contributed by atoms with Crippen LogP contribution < -0.4 is 0 Å². The fourth-order valence-corrected chi connectivity index (χ4v) is 6.33. The maximum absolute atomic E-state index is 5.70. The van der Waals surface area contributed by atoms with E-state index >= 15 is 0 Å². The molecule has 3 heteroatoms. The predicted octanol–water partition coefficient (Wildman–Crippen LogP) is 3.51.